The van der Waals surface area contributed by atoms with Crippen LogP contribution in [0.3, 0.4) is 0 Å². The van der Waals surface area contributed by atoms with Crippen LogP contribution in [0.4, 0.5) is 0 Å². The monoisotopic (exact) mass is 370 g/mol. The van der Waals surface area contributed by atoms with Crippen molar-refractivity contribution in [1.29, 1.82) is 0 Å². The Labute approximate surface area is 157 Å². The molecule has 0 saturated carbocycles. The van der Waals surface area contributed by atoms with Crippen LogP contribution in [0.25, 0.3) is 0 Å². The lowest BCUT2D eigenvalue weighted by Gasteiger charge is -2.18. The topological polar surface area (TPSA) is 89.9 Å². The molecule has 2 aromatic carbocycles. The zero-order valence-corrected chi connectivity index (χ0v) is 15.0. The van der Waals surface area contributed by atoms with E-state index in [-0.39, 0.29) is 19.4 Å². The molecular weight excluding hydrogens is 348 g/mol. The molecule has 0 heterocycles. The lowest BCUT2D eigenvalue weighted by atomic mass is 10.0. The predicted octanol–water partition coefficient (Wildman–Crippen LogP) is 3.52. The maximum atomic E-state index is 12.5. The summed E-state index contributed by atoms with van der Waals surface area (Å²) in [5.74, 6) is -2.71. The van der Waals surface area contributed by atoms with Crippen molar-refractivity contribution in [1.82, 2.24) is 0 Å². The summed E-state index contributed by atoms with van der Waals surface area (Å²) in [6.07, 6.45) is -1.44. The second-order valence-corrected chi connectivity index (χ2v) is 6.28. The number of carbonyl (C=O) groups excluding carboxylic acids is 2. The highest BCUT2D eigenvalue weighted by molar-refractivity contribution is 5.81. The fourth-order valence-electron chi connectivity index (χ4n) is 2.52. The Bertz CT molecular complexity index is 757. The maximum absolute atomic E-state index is 12.5. The third-order valence-corrected chi connectivity index (χ3v) is 3.83. The van der Waals surface area contributed by atoms with Gasteiger partial charge < -0.3 is 14.6 Å². The van der Waals surface area contributed by atoms with Gasteiger partial charge in [0.05, 0.1) is 0 Å². The van der Waals surface area contributed by atoms with Gasteiger partial charge in [-0.3, -0.25) is 9.59 Å². The molecule has 0 spiro atoms. The molecular formula is C21H22O6. The summed E-state index contributed by atoms with van der Waals surface area (Å²) < 4.78 is 10.6. The van der Waals surface area contributed by atoms with E-state index in [2.05, 4.69) is 0 Å². The third-order valence-electron chi connectivity index (χ3n) is 3.83. The van der Waals surface area contributed by atoms with Crippen molar-refractivity contribution < 1.29 is 29.0 Å². The van der Waals surface area contributed by atoms with Crippen LogP contribution in [0.15, 0.2) is 60.7 Å². The summed E-state index contributed by atoms with van der Waals surface area (Å²) in [5.41, 5.74) is 1.31. The number of carbonyl (C=O) groups is 3. The normalized spacial score (nSPS) is 12.6. The minimum Gasteiger partial charge on any atom is -0.481 e. The molecule has 0 unspecified atom stereocenters. The van der Waals surface area contributed by atoms with Crippen LogP contribution in [-0.2, 0) is 30.5 Å². The van der Waals surface area contributed by atoms with Crippen LogP contribution in [-0.4, -0.2) is 23.0 Å². The van der Waals surface area contributed by atoms with Crippen LogP contribution < -0.4 is 0 Å². The Hall–Kier alpha value is -3.15. The van der Waals surface area contributed by atoms with Crippen molar-refractivity contribution in [2.75, 3.05) is 0 Å². The standard InChI is InChI=1S/C21H22O6/c1-15(12-18(22)23)13-19(24)27-20(17-10-6-3-7-11-17)21(25)26-14-16-8-4-2-5-9-16/h2-11,15,20H,12-14H2,1H3,(H,22,23)/t15-,20-/m1/s1. The molecule has 0 radical (unpaired) electrons. The number of aliphatic carboxylic acids is 1. The predicted molar refractivity (Wildman–Crippen MR) is 97.5 cm³/mol. The van der Waals surface area contributed by atoms with Gasteiger partial charge in [0.1, 0.15) is 6.61 Å². The van der Waals surface area contributed by atoms with Crippen molar-refractivity contribution in [3.63, 3.8) is 0 Å². The minimum absolute atomic E-state index is 0.0655. The van der Waals surface area contributed by atoms with E-state index >= 15 is 0 Å². The van der Waals surface area contributed by atoms with Crippen molar-refractivity contribution in [2.45, 2.75) is 32.5 Å². The van der Waals surface area contributed by atoms with Crippen LogP contribution in [0.1, 0.15) is 37.0 Å². The molecule has 0 saturated heterocycles. The number of benzene rings is 2. The second-order valence-electron chi connectivity index (χ2n) is 6.28. The van der Waals surface area contributed by atoms with E-state index in [0.29, 0.717) is 5.56 Å². The smallest absolute Gasteiger partial charge is 0.352 e. The van der Waals surface area contributed by atoms with Crippen LogP contribution >= 0.6 is 0 Å². The Balaban J connectivity index is 2.04. The van der Waals surface area contributed by atoms with E-state index in [4.69, 9.17) is 14.6 Å². The first-order valence-electron chi connectivity index (χ1n) is 8.62. The maximum Gasteiger partial charge on any atom is 0.352 e. The fourth-order valence-corrected chi connectivity index (χ4v) is 2.52. The molecule has 0 bridgehead atoms. The summed E-state index contributed by atoms with van der Waals surface area (Å²) in [7, 11) is 0. The lowest BCUT2D eigenvalue weighted by molar-refractivity contribution is -0.170. The van der Waals surface area contributed by atoms with Gasteiger partial charge in [-0.2, -0.15) is 0 Å². The van der Waals surface area contributed by atoms with E-state index in [1.807, 2.05) is 30.3 Å². The van der Waals surface area contributed by atoms with Gasteiger partial charge in [-0.15, -0.1) is 0 Å². The molecule has 2 atom stereocenters. The van der Waals surface area contributed by atoms with Gasteiger partial charge in [0, 0.05) is 18.4 Å². The number of hydrogen-bond acceptors (Lipinski definition) is 5. The van der Waals surface area contributed by atoms with Crippen LogP contribution in [0.5, 0.6) is 0 Å². The Morgan fingerprint density at radius 2 is 1.52 bits per heavy atom. The molecule has 2 rings (SSSR count). The molecule has 0 aliphatic heterocycles. The molecule has 0 amide bonds. The number of ether oxygens (including phenoxy) is 2. The molecule has 6 heteroatoms. The first-order valence-corrected chi connectivity index (χ1v) is 8.62. The van der Waals surface area contributed by atoms with Crippen LogP contribution in [0, 0.1) is 5.92 Å². The minimum atomic E-state index is -1.19. The molecule has 0 fully saturated rings. The molecule has 1 N–H and O–H groups in total. The average molecular weight is 370 g/mol. The zero-order valence-electron chi connectivity index (χ0n) is 15.0. The van der Waals surface area contributed by atoms with Crippen molar-refractivity contribution in [3.05, 3.63) is 71.8 Å². The van der Waals surface area contributed by atoms with Gasteiger partial charge in [-0.05, 0) is 11.5 Å². The lowest BCUT2D eigenvalue weighted by Crippen LogP contribution is -2.23. The molecule has 2 aromatic rings. The first kappa shape index (κ1) is 20.2. The van der Waals surface area contributed by atoms with Crippen molar-refractivity contribution >= 4 is 17.9 Å². The highest BCUT2D eigenvalue weighted by atomic mass is 16.6. The second kappa shape index (κ2) is 10.1. The third kappa shape index (κ3) is 6.93. The first-order chi connectivity index (χ1) is 13.0. The summed E-state index contributed by atoms with van der Waals surface area (Å²) in [4.78, 5) is 35.4. The Morgan fingerprint density at radius 3 is 2.11 bits per heavy atom. The largest absolute Gasteiger partial charge is 0.481 e. The van der Waals surface area contributed by atoms with E-state index < -0.39 is 29.9 Å². The number of carboxylic acids is 1. The summed E-state index contributed by atoms with van der Waals surface area (Å²) in [5, 5.41) is 8.80. The summed E-state index contributed by atoms with van der Waals surface area (Å²) in [6, 6.07) is 17.8. The van der Waals surface area contributed by atoms with E-state index in [9.17, 15) is 14.4 Å². The van der Waals surface area contributed by atoms with E-state index in [1.54, 1.807) is 37.3 Å². The highest BCUT2D eigenvalue weighted by Crippen LogP contribution is 2.22. The molecule has 0 aliphatic carbocycles. The van der Waals surface area contributed by atoms with Crippen molar-refractivity contribution in [2.24, 2.45) is 5.92 Å². The average Bonchev–Trinajstić information content (AvgIpc) is 2.65. The number of rotatable bonds is 9. The van der Waals surface area contributed by atoms with Gasteiger partial charge in [0.15, 0.2) is 0 Å². The van der Waals surface area contributed by atoms with Gasteiger partial charge in [-0.25, -0.2) is 4.79 Å². The van der Waals surface area contributed by atoms with E-state index in [1.165, 1.54) is 0 Å². The highest BCUT2D eigenvalue weighted by Gasteiger charge is 2.27. The Kier molecular flexibility index (Phi) is 7.55. The number of hydrogen-bond donors (Lipinski definition) is 1. The molecule has 142 valence electrons. The Morgan fingerprint density at radius 1 is 0.926 bits per heavy atom. The van der Waals surface area contributed by atoms with Gasteiger partial charge in [0.2, 0.25) is 6.10 Å². The quantitative estimate of drug-likeness (QED) is 0.679. The van der Waals surface area contributed by atoms with Crippen LogP contribution in [0.2, 0.25) is 0 Å². The molecule has 27 heavy (non-hydrogen) atoms. The summed E-state index contributed by atoms with van der Waals surface area (Å²) in [6.45, 7) is 1.70. The molecule has 6 nitrogen and oxygen atoms in total. The van der Waals surface area contributed by atoms with Gasteiger partial charge in [-0.1, -0.05) is 67.6 Å². The van der Waals surface area contributed by atoms with E-state index in [0.717, 1.165) is 5.56 Å². The fraction of sp³-hybridized carbons (Fsp3) is 0.286. The summed E-state index contributed by atoms with van der Waals surface area (Å²) >= 11 is 0. The van der Waals surface area contributed by atoms with Gasteiger partial charge in [0.25, 0.3) is 0 Å². The van der Waals surface area contributed by atoms with Gasteiger partial charge >= 0.3 is 17.9 Å². The SMILES string of the molecule is C[C@H](CC(=O)O)CC(=O)O[C@@H](C(=O)OCc1ccccc1)c1ccccc1. The van der Waals surface area contributed by atoms with Crippen molar-refractivity contribution in [3.8, 4) is 0 Å². The molecule has 0 aliphatic rings. The zero-order chi connectivity index (χ0) is 19.6. The number of esters is 2. The molecule has 0 aromatic heterocycles. The number of carboxylic acid groups (broad SMARTS) is 1.